The van der Waals surface area contributed by atoms with E-state index in [9.17, 15) is 0 Å². The van der Waals surface area contributed by atoms with Crippen LogP contribution in [0.4, 0.5) is 0 Å². The molecule has 0 aromatic rings. The molecule has 0 bridgehead atoms. The third kappa shape index (κ3) is 3.12. The zero-order valence-electron chi connectivity index (χ0n) is 13.9. The normalized spacial score (nSPS) is 27.4. The van der Waals surface area contributed by atoms with E-state index in [0.29, 0.717) is 0 Å². The topological polar surface area (TPSA) is 0 Å². The first-order chi connectivity index (χ1) is 10.4. The maximum Gasteiger partial charge on any atom is 0.147 e. The number of rotatable bonds is 3. The van der Waals surface area contributed by atoms with Crippen molar-refractivity contribution in [3.8, 4) is 12.0 Å². The molecular weight excluding hydrogens is 268 g/mol. The largest absolute Gasteiger partial charge is 0.147 e. The first-order valence-corrected chi connectivity index (χ1v) is 12.1. The molecule has 0 radical (unpaired) electrons. The van der Waals surface area contributed by atoms with Crippen molar-refractivity contribution in [3.05, 3.63) is 0 Å². The van der Waals surface area contributed by atoms with Crippen molar-refractivity contribution in [1.82, 2.24) is 0 Å². The summed E-state index contributed by atoms with van der Waals surface area (Å²) in [4.78, 5) is 0. The van der Waals surface area contributed by atoms with Crippen molar-refractivity contribution in [2.45, 2.75) is 113 Å². The lowest BCUT2D eigenvalue weighted by atomic mass is 9.98. The lowest BCUT2D eigenvalue weighted by molar-refractivity contribution is 0.421. The molecule has 0 atom stereocenters. The van der Waals surface area contributed by atoms with Crippen LogP contribution < -0.4 is 0 Å². The summed E-state index contributed by atoms with van der Waals surface area (Å²) in [6, 6.07) is 0. The Hall–Kier alpha value is -0.223. The van der Waals surface area contributed by atoms with E-state index in [1.807, 2.05) is 0 Å². The molecule has 0 unspecified atom stereocenters. The van der Waals surface area contributed by atoms with Gasteiger partial charge in [0, 0.05) is 0 Å². The Labute approximate surface area is 133 Å². The summed E-state index contributed by atoms with van der Waals surface area (Å²) < 4.78 is 0. The predicted octanol–water partition coefficient (Wildman–Crippen LogP) is 6.61. The standard InChI is InChI=1S/C20H34Si/c1-2-21(18-12-6-3-7-13-18,19-14-8-4-9-15-19)20-16-10-5-11-17-20/h1,18-20H,3-17H2. The molecule has 3 saturated carbocycles. The van der Waals surface area contributed by atoms with Gasteiger partial charge in [-0.2, -0.15) is 0 Å². The Morgan fingerprint density at radius 2 is 0.810 bits per heavy atom. The van der Waals surface area contributed by atoms with Crippen molar-refractivity contribution in [2.75, 3.05) is 0 Å². The molecule has 0 aliphatic heterocycles. The van der Waals surface area contributed by atoms with Crippen LogP contribution in [0.25, 0.3) is 0 Å². The van der Waals surface area contributed by atoms with E-state index < -0.39 is 8.07 Å². The highest BCUT2D eigenvalue weighted by Crippen LogP contribution is 2.56. The molecule has 3 rings (SSSR count). The third-order valence-corrected chi connectivity index (χ3v) is 13.4. The van der Waals surface area contributed by atoms with Gasteiger partial charge in [0.1, 0.15) is 8.07 Å². The molecule has 0 amide bonds. The van der Waals surface area contributed by atoms with Crippen LogP contribution in [0.5, 0.6) is 0 Å². The van der Waals surface area contributed by atoms with Gasteiger partial charge in [0.15, 0.2) is 0 Å². The molecule has 0 spiro atoms. The summed E-state index contributed by atoms with van der Waals surface area (Å²) in [6.45, 7) is 0. The Kier molecular flexibility index (Phi) is 5.49. The Morgan fingerprint density at radius 1 is 0.524 bits per heavy atom. The third-order valence-electron chi connectivity index (χ3n) is 7.09. The molecule has 0 heterocycles. The highest BCUT2D eigenvalue weighted by molar-refractivity contribution is 6.91. The summed E-state index contributed by atoms with van der Waals surface area (Å²) in [5.41, 5.74) is 6.63. The molecule has 0 saturated heterocycles. The second kappa shape index (κ2) is 7.36. The maximum atomic E-state index is 6.41. The van der Waals surface area contributed by atoms with Gasteiger partial charge in [-0.05, 0) is 16.6 Å². The van der Waals surface area contributed by atoms with Crippen molar-refractivity contribution < 1.29 is 0 Å². The molecule has 0 N–H and O–H groups in total. The molecule has 21 heavy (non-hydrogen) atoms. The second-order valence-electron chi connectivity index (χ2n) is 8.08. The van der Waals surface area contributed by atoms with Gasteiger partial charge in [-0.15, -0.1) is 12.0 Å². The van der Waals surface area contributed by atoms with E-state index in [0.717, 1.165) is 16.6 Å². The second-order valence-corrected chi connectivity index (χ2v) is 12.7. The Balaban J connectivity index is 1.88. The SMILES string of the molecule is C#C[Si](C1CCCCC1)(C1CCCCC1)C1CCCCC1. The quantitative estimate of drug-likeness (QED) is 0.406. The first kappa shape index (κ1) is 15.7. The Morgan fingerprint density at radius 3 is 1.05 bits per heavy atom. The lowest BCUT2D eigenvalue weighted by Gasteiger charge is -2.49. The molecule has 0 aromatic carbocycles. The van der Waals surface area contributed by atoms with E-state index in [2.05, 4.69) is 5.54 Å². The smallest absolute Gasteiger partial charge is 0.134 e. The van der Waals surface area contributed by atoms with Crippen molar-refractivity contribution >= 4 is 8.07 Å². The summed E-state index contributed by atoms with van der Waals surface area (Å²) in [6.07, 6.45) is 28.6. The number of hydrogen-bond acceptors (Lipinski definition) is 0. The van der Waals surface area contributed by atoms with E-state index in [4.69, 9.17) is 6.42 Å². The van der Waals surface area contributed by atoms with Crippen LogP contribution in [0.2, 0.25) is 16.6 Å². The Bertz CT molecular complexity index is 303. The van der Waals surface area contributed by atoms with Crippen LogP contribution in [-0.2, 0) is 0 Å². The summed E-state index contributed by atoms with van der Waals surface area (Å²) >= 11 is 0. The van der Waals surface area contributed by atoms with Crippen molar-refractivity contribution in [2.24, 2.45) is 0 Å². The molecule has 0 nitrogen and oxygen atoms in total. The van der Waals surface area contributed by atoms with E-state index >= 15 is 0 Å². The monoisotopic (exact) mass is 302 g/mol. The zero-order valence-corrected chi connectivity index (χ0v) is 14.9. The van der Waals surface area contributed by atoms with Gasteiger partial charge in [0.25, 0.3) is 0 Å². The molecular formula is C20H34Si. The molecule has 3 fully saturated rings. The number of terminal acetylenes is 1. The average molecular weight is 303 g/mol. The summed E-state index contributed by atoms with van der Waals surface area (Å²) in [5.74, 6) is 0. The molecule has 3 aliphatic rings. The van der Waals surface area contributed by atoms with Crippen LogP contribution in [-0.4, -0.2) is 8.07 Å². The van der Waals surface area contributed by atoms with Crippen molar-refractivity contribution in [1.29, 1.82) is 0 Å². The van der Waals surface area contributed by atoms with E-state index in [-0.39, 0.29) is 0 Å². The van der Waals surface area contributed by atoms with Gasteiger partial charge in [0.2, 0.25) is 0 Å². The van der Waals surface area contributed by atoms with Gasteiger partial charge in [0.05, 0.1) is 0 Å². The van der Waals surface area contributed by atoms with Gasteiger partial charge in [-0.25, -0.2) is 0 Å². The van der Waals surface area contributed by atoms with Gasteiger partial charge in [-0.1, -0.05) is 96.3 Å². The minimum atomic E-state index is -1.54. The number of hydrogen-bond donors (Lipinski definition) is 0. The minimum absolute atomic E-state index is 0.988. The minimum Gasteiger partial charge on any atom is -0.134 e. The van der Waals surface area contributed by atoms with Gasteiger partial charge in [-0.3, -0.25) is 0 Å². The highest BCUT2D eigenvalue weighted by atomic mass is 28.3. The van der Waals surface area contributed by atoms with Crippen LogP contribution in [0.15, 0.2) is 0 Å². The predicted molar refractivity (Wildman–Crippen MR) is 95.1 cm³/mol. The van der Waals surface area contributed by atoms with Gasteiger partial charge >= 0.3 is 0 Å². The van der Waals surface area contributed by atoms with Crippen molar-refractivity contribution in [3.63, 3.8) is 0 Å². The molecule has 0 aromatic heterocycles. The highest BCUT2D eigenvalue weighted by Gasteiger charge is 2.51. The molecule has 3 aliphatic carbocycles. The zero-order chi connectivity index (χ0) is 14.5. The lowest BCUT2D eigenvalue weighted by Crippen LogP contribution is -2.50. The summed E-state index contributed by atoms with van der Waals surface area (Å²) in [5, 5.41) is 0. The van der Waals surface area contributed by atoms with Gasteiger partial charge < -0.3 is 0 Å². The van der Waals surface area contributed by atoms with E-state index in [1.54, 1.807) is 0 Å². The fourth-order valence-electron chi connectivity index (χ4n) is 6.09. The average Bonchev–Trinajstić information content (AvgIpc) is 2.59. The maximum absolute atomic E-state index is 6.41. The molecule has 1 heteroatoms. The fourth-order valence-corrected chi connectivity index (χ4v) is 12.9. The van der Waals surface area contributed by atoms with Crippen LogP contribution in [0.1, 0.15) is 96.3 Å². The van der Waals surface area contributed by atoms with Crippen LogP contribution in [0.3, 0.4) is 0 Å². The first-order valence-electron chi connectivity index (χ1n) is 9.85. The molecule has 118 valence electrons. The fraction of sp³-hybridized carbons (Fsp3) is 0.900. The van der Waals surface area contributed by atoms with Crippen LogP contribution in [0, 0.1) is 12.0 Å². The van der Waals surface area contributed by atoms with Crippen LogP contribution >= 0.6 is 0 Å². The van der Waals surface area contributed by atoms with E-state index in [1.165, 1.54) is 96.3 Å². The summed E-state index contributed by atoms with van der Waals surface area (Å²) in [7, 11) is -1.54.